The Morgan fingerprint density at radius 3 is 2.83 bits per heavy atom. The minimum absolute atomic E-state index is 0.571. The van der Waals surface area contributed by atoms with Gasteiger partial charge in [-0.15, -0.1) is 0 Å². The normalized spacial score (nSPS) is 27.2. The van der Waals surface area contributed by atoms with Crippen LogP contribution in [0, 0.1) is 5.92 Å². The second-order valence-corrected chi connectivity index (χ2v) is 3.65. The molecule has 0 saturated heterocycles. The Labute approximate surface area is 73.8 Å². The molecule has 2 atom stereocenters. The van der Waals surface area contributed by atoms with Crippen molar-refractivity contribution in [2.24, 2.45) is 5.92 Å². The highest BCUT2D eigenvalue weighted by Gasteiger charge is 2.26. The van der Waals surface area contributed by atoms with Gasteiger partial charge in [0.2, 0.25) is 0 Å². The van der Waals surface area contributed by atoms with Crippen molar-refractivity contribution in [1.82, 2.24) is 5.32 Å². The number of benzene rings is 1. The van der Waals surface area contributed by atoms with Crippen LogP contribution >= 0.6 is 0 Å². The van der Waals surface area contributed by atoms with Crippen LogP contribution in [0.4, 0.5) is 0 Å². The van der Waals surface area contributed by atoms with Gasteiger partial charge in [-0.2, -0.15) is 0 Å². The fraction of sp³-hybridized carbons (Fsp3) is 0.455. The van der Waals surface area contributed by atoms with Crippen LogP contribution in [-0.4, -0.2) is 7.05 Å². The summed E-state index contributed by atoms with van der Waals surface area (Å²) in [5.74, 6) is 0.743. The molecule has 1 aliphatic rings. The predicted octanol–water partition coefficient (Wildman–Crippen LogP) is 2.14. The van der Waals surface area contributed by atoms with Crippen LogP contribution in [0.15, 0.2) is 24.3 Å². The monoisotopic (exact) mass is 161 g/mol. The van der Waals surface area contributed by atoms with Gasteiger partial charge in [0.25, 0.3) is 0 Å². The maximum atomic E-state index is 3.37. The number of hydrogen-bond acceptors (Lipinski definition) is 1. The molecule has 0 fully saturated rings. The van der Waals surface area contributed by atoms with E-state index in [9.17, 15) is 0 Å². The molecule has 0 amide bonds. The highest BCUT2D eigenvalue weighted by molar-refractivity contribution is 5.35. The zero-order valence-corrected chi connectivity index (χ0v) is 7.67. The van der Waals surface area contributed by atoms with Crippen LogP contribution < -0.4 is 5.32 Å². The third-order valence-electron chi connectivity index (χ3n) is 2.81. The van der Waals surface area contributed by atoms with Gasteiger partial charge in [-0.05, 0) is 30.5 Å². The molecule has 1 heteroatoms. The van der Waals surface area contributed by atoms with E-state index in [0.29, 0.717) is 6.04 Å². The first-order valence-electron chi connectivity index (χ1n) is 4.58. The smallest absolute Gasteiger partial charge is 0.0349 e. The van der Waals surface area contributed by atoms with Crippen molar-refractivity contribution in [3.63, 3.8) is 0 Å². The molecule has 2 unspecified atom stereocenters. The zero-order chi connectivity index (χ0) is 8.55. The van der Waals surface area contributed by atoms with Gasteiger partial charge in [0.1, 0.15) is 0 Å². The molecule has 1 aromatic carbocycles. The quantitative estimate of drug-likeness (QED) is 0.665. The lowest BCUT2D eigenvalue weighted by molar-refractivity contribution is 0.447. The van der Waals surface area contributed by atoms with Crippen molar-refractivity contribution in [3.05, 3.63) is 35.4 Å². The second-order valence-electron chi connectivity index (χ2n) is 3.65. The highest BCUT2D eigenvalue weighted by atomic mass is 14.9. The molecular formula is C11H15N. The van der Waals surface area contributed by atoms with Crippen LogP contribution in [0.5, 0.6) is 0 Å². The molecule has 0 heterocycles. The van der Waals surface area contributed by atoms with Crippen LogP contribution in [0.1, 0.15) is 24.1 Å². The molecule has 2 rings (SSSR count). The van der Waals surface area contributed by atoms with Gasteiger partial charge in [0, 0.05) is 6.04 Å². The summed E-state index contributed by atoms with van der Waals surface area (Å²) in [6.07, 6.45) is 1.22. The molecule has 1 N–H and O–H groups in total. The van der Waals surface area contributed by atoms with E-state index in [2.05, 4.69) is 36.5 Å². The van der Waals surface area contributed by atoms with E-state index in [1.807, 2.05) is 7.05 Å². The van der Waals surface area contributed by atoms with Crippen LogP contribution in [-0.2, 0) is 6.42 Å². The first kappa shape index (κ1) is 7.81. The van der Waals surface area contributed by atoms with E-state index >= 15 is 0 Å². The van der Waals surface area contributed by atoms with Gasteiger partial charge >= 0.3 is 0 Å². The summed E-state index contributed by atoms with van der Waals surface area (Å²) < 4.78 is 0. The lowest BCUT2D eigenvalue weighted by Crippen LogP contribution is -2.19. The predicted molar refractivity (Wildman–Crippen MR) is 51.1 cm³/mol. The minimum Gasteiger partial charge on any atom is -0.313 e. The molecule has 64 valence electrons. The maximum Gasteiger partial charge on any atom is 0.0349 e. The van der Waals surface area contributed by atoms with E-state index in [4.69, 9.17) is 0 Å². The number of hydrogen-bond donors (Lipinski definition) is 1. The third-order valence-corrected chi connectivity index (χ3v) is 2.81. The van der Waals surface area contributed by atoms with Crippen molar-refractivity contribution in [2.75, 3.05) is 7.05 Å². The van der Waals surface area contributed by atoms with E-state index < -0.39 is 0 Å². The summed E-state index contributed by atoms with van der Waals surface area (Å²) in [5, 5.41) is 3.37. The minimum atomic E-state index is 0.571. The second kappa shape index (κ2) is 2.91. The van der Waals surface area contributed by atoms with Gasteiger partial charge in [-0.3, -0.25) is 0 Å². The van der Waals surface area contributed by atoms with Crippen molar-refractivity contribution >= 4 is 0 Å². The Morgan fingerprint density at radius 2 is 2.08 bits per heavy atom. The van der Waals surface area contributed by atoms with E-state index in [0.717, 1.165) is 5.92 Å². The maximum absolute atomic E-state index is 3.37. The molecule has 1 aromatic rings. The van der Waals surface area contributed by atoms with Crippen molar-refractivity contribution in [1.29, 1.82) is 0 Å². The van der Waals surface area contributed by atoms with Gasteiger partial charge < -0.3 is 5.32 Å². The molecule has 0 spiro atoms. The summed E-state index contributed by atoms with van der Waals surface area (Å²) in [4.78, 5) is 0. The third kappa shape index (κ3) is 1.05. The Morgan fingerprint density at radius 1 is 1.33 bits per heavy atom. The molecule has 0 radical (unpaired) electrons. The lowest BCUT2D eigenvalue weighted by atomic mass is 10.0. The topological polar surface area (TPSA) is 12.0 Å². The van der Waals surface area contributed by atoms with Crippen LogP contribution in [0.2, 0.25) is 0 Å². The van der Waals surface area contributed by atoms with Gasteiger partial charge in [0.15, 0.2) is 0 Å². The van der Waals surface area contributed by atoms with Crippen molar-refractivity contribution in [2.45, 2.75) is 19.4 Å². The van der Waals surface area contributed by atoms with E-state index in [-0.39, 0.29) is 0 Å². The van der Waals surface area contributed by atoms with Crippen LogP contribution in [0.25, 0.3) is 0 Å². The number of nitrogens with one attached hydrogen (secondary N) is 1. The van der Waals surface area contributed by atoms with Gasteiger partial charge in [0.05, 0.1) is 0 Å². The Hall–Kier alpha value is -0.820. The van der Waals surface area contributed by atoms with E-state index in [1.54, 1.807) is 0 Å². The summed E-state index contributed by atoms with van der Waals surface area (Å²) in [7, 11) is 2.04. The van der Waals surface area contributed by atoms with Gasteiger partial charge in [-0.1, -0.05) is 31.2 Å². The highest BCUT2D eigenvalue weighted by Crippen LogP contribution is 2.34. The number of fused-ring (bicyclic) bond motifs is 1. The molecule has 12 heavy (non-hydrogen) atoms. The molecule has 0 saturated carbocycles. The molecule has 0 aliphatic heterocycles. The average molecular weight is 161 g/mol. The molecule has 1 aliphatic carbocycles. The fourth-order valence-electron chi connectivity index (χ4n) is 2.23. The molecule has 0 aromatic heterocycles. The summed E-state index contributed by atoms with van der Waals surface area (Å²) in [6, 6.07) is 9.30. The fourth-order valence-corrected chi connectivity index (χ4v) is 2.23. The van der Waals surface area contributed by atoms with Crippen molar-refractivity contribution in [3.8, 4) is 0 Å². The molecule has 1 nitrogen and oxygen atoms in total. The molecular weight excluding hydrogens is 146 g/mol. The average Bonchev–Trinajstić information content (AvgIpc) is 2.40. The Bertz CT molecular complexity index is 280. The first-order valence-corrected chi connectivity index (χ1v) is 4.58. The largest absolute Gasteiger partial charge is 0.313 e. The van der Waals surface area contributed by atoms with E-state index in [1.165, 1.54) is 17.5 Å². The van der Waals surface area contributed by atoms with Gasteiger partial charge in [-0.25, -0.2) is 0 Å². The Balaban J connectivity index is 2.40. The molecule has 0 bridgehead atoms. The number of rotatable bonds is 1. The summed E-state index contributed by atoms with van der Waals surface area (Å²) in [6.45, 7) is 2.31. The SMILES string of the molecule is CNC1c2ccccc2CC1C. The first-order chi connectivity index (χ1) is 5.83. The van der Waals surface area contributed by atoms with Crippen LogP contribution in [0.3, 0.4) is 0 Å². The summed E-state index contributed by atoms with van der Waals surface area (Å²) >= 11 is 0. The lowest BCUT2D eigenvalue weighted by Gasteiger charge is -2.14. The van der Waals surface area contributed by atoms with Crippen molar-refractivity contribution < 1.29 is 0 Å². The summed E-state index contributed by atoms with van der Waals surface area (Å²) in [5.41, 5.74) is 3.01. The zero-order valence-electron chi connectivity index (χ0n) is 7.67. The Kier molecular flexibility index (Phi) is 1.89. The standard InChI is InChI=1S/C11H15N/c1-8-7-9-5-3-4-6-10(9)11(8)12-2/h3-6,8,11-12H,7H2,1-2H3.